The first kappa shape index (κ1) is 11.8. The molecule has 0 aliphatic carbocycles. The highest BCUT2D eigenvalue weighted by Crippen LogP contribution is 2.33. The van der Waals surface area contributed by atoms with Gasteiger partial charge in [0.2, 0.25) is 0 Å². The fourth-order valence-electron chi connectivity index (χ4n) is 1.52. The fourth-order valence-corrected chi connectivity index (χ4v) is 3.20. The highest BCUT2D eigenvalue weighted by molar-refractivity contribution is 9.11. The van der Waals surface area contributed by atoms with Gasteiger partial charge in [-0.1, -0.05) is 24.3 Å². The van der Waals surface area contributed by atoms with Crippen molar-refractivity contribution in [3.8, 4) is 10.6 Å². The molecule has 0 amide bonds. The van der Waals surface area contributed by atoms with Crippen LogP contribution in [-0.2, 0) is 6.42 Å². The largest absolute Gasteiger partial charge is 0.396 e. The standard InChI is InChI=1S/C12H12BrNOS/c1-8-4-2-3-5-9(8)12-14-10(6-7-15)11(13)16-12/h2-5,15H,6-7H2,1H3. The third-order valence-corrected chi connectivity index (χ3v) is 4.24. The van der Waals surface area contributed by atoms with Gasteiger partial charge in [-0.3, -0.25) is 0 Å². The van der Waals surface area contributed by atoms with Crippen LogP contribution in [0.2, 0.25) is 0 Å². The number of aromatic nitrogens is 1. The SMILES string of the molecule is Cc1ccccc1-c1nc(CCO)c(Br)s1. The quantitative estimate of drug-likeness (QED) is 0.942. The maximum Gasteiger partial charge on any atom is 0.124 e. The van der Waals surface area contributed by atoms with Gasteiger partial charge in [0.05, 0.1) is 9.48 Å². The van der Waals surface area contributed by atoms with E-state index in [2.05, 4.69) is 40.0 Å². The van der Waals surface area contributed by atoms with Gasteiger partial charge in [0.1, 0.15) is 5.01 Å². The Balaban J connectivity index is 2.42. The molecule has 2 rings (SSSR count). The molecular weight excluding hydrogens is 286 g/mol. The second kappa shape index (κ2) is 5.08. The van der Waals surface area contributed by atoms with Crippen LogP contribution in [0.3, 0.4) is 0 Å². The predicted molar refractivity (Wildman–Crippen MR) is 70.8 cm³/mol. The molecule has 0 saturated heterocycles. The van der Waals surface area contributed by atoms with Gasteiger partial charge < -0.3 is 5.11 Å². The molecule has 1 aromatic heterocycles. The van der Waals surface area contributed by atoms with E-state index in [0.29, 0.717) is 6.42 Å². The summed E-state index contributed by atoms with van der Waals surface area (Å²) in [6.07, 6.45) is 0.600. The van der Waals surface area contributed by atoms with Crippen LogP contribution < -0.4 is 0 Å². The zero-order valence-corrected chi connectivity index (χ0v) is 11.3. The maximum atomic E-state index is 8.92. The number of benzene rings is 1. The maximum absolute atomic E-state index is 8.92. The number of nitrogens with zero attached hydrogens (tertiary/aromatic N) is 1. The van der Waals surface area contributed by atoms with E-state index >= 15 is 0 Å². The van der Waals surface area contributed by atoms with Gasteiger partial charge in [0.25, 0.3) is 0 Å². The van der Waals surface area contributed by atoms with Gasteiger partial charge in [-0.15, -0.1) is 11.3 Å². The number of halogens is 1. The molecule has 0 saturated carbocycles. The predicted octanol–water partition coefficient (Wildman–Crippen LogP) is 3.42. The molecule has 0 aliphatic rings. The molecule has 0 atom stereocenters. The monoisotopic (exact) mass is 297 g/mol. The van der Waals surface area contributed by atoms with E-state index < -0.39 is 0 Å². The minimum Gasteiger partial charge on any atom is -0.396 e. The van der Waals surface area contributed by atoms with E-state index in [9.17, 15) is 0 Å². The van der Waals surface area contributed by atoms with Crippen LogP contribution in [0, 0.1) is 6.92 Å². The molecule has 0 fully saturated rings. The molecule has 0 radical (unpaired) electrons. The molecule has 2 aromatic rings. The topological polar surface area (TPSA) is 33.1 Å². The summed E-state index contributed by atoms with van der Waals surface area (Å²) in [7, 11) is 0. The number of hydrogen-bond acceptors (Lipinski definition) is 3. The minimum absolute atomic E-state index is 0.134. The molecule has 1 heterocycles. The summed E-state index contributed by atoms with van der Waals surface area (Å²) in [5, 5.41) is 9.93. The average Bonchev–Trinajstić information content (AvgIpc) is 2.61. The van der Waals surface area contributed by atoms with Crippen molar-refractivity contribution in [1.82, 2.24) is 4.98 Å². The summed E-state index contributed by atoms with van der Waals surface area (Å²) in [6.45, 7) is 2.21. The molecule has 4 heteroatoms. The first-order chi connectivity index (χ1) is 7.72. The van der Waals surface area contributed by atoms with E-state index in [1.54, 1.807) is 11.3 Å². The van der Waals surface area contributed by atoms with Crippen LogP contribution >= 0.6 is 27.3 Å². The van der Waals surface area contributed by atoms with Crippen LogP contribution in [0.5, 0.6) is 0 Å². The molecule has 0 bridgehead atoms. The lowest BCUT2D eigenvalue weighted by Crippen LogP contribution is -1.91. The van der Waals surface area contributed by atoms with Crippen LogP contribution in [-0.4, -0.2) is 16.7 Å². The summed E-state index contributed by atoms with van der Waals surface area (Å²) in [5.41, 5.74) is 3.32. The van der Waals surface area contributed by atoms with Crippen molar-refractivity contribution < 1.29 is 5.11 Å². The Morgan fingerprint density at radius 2 is 2.12 bits per heavy atom. The molecule has 0 unspecified atom stereocenters. The van der Waals surface area contributed by atoms with Crippen molar-refractivity contribution in [2.75, 3.05) is 6.61 Å². The zero-order valence-electron chi connectivity index (χ0n) is 8.90. The molecule has 1 N–H and O–H groups in total. The first-order valence-corrected chi connectivity index (χ1v) is 6.65. The van der Waals surface area contributed by atoms with Crippen molar-refractivity contribution in [3.05, 3.63) is 39.3 Å². The summed E-state index contributed by atoms with van der Waals surface area (Å²) < 4.78 is 1.01. The second-order valence-corrected chi connectivity index (χ2v) is 5.84. The van der Waals surface area contributed by atoms with E-state index in [4.69, 9.17) is 5.11 Å². The van der Waals surface area contributed by atoms with Crippen molar-refractivity contribution >= 4 is 27.3 Å². The summed E-state index contributed by atoms with van der Waals surface area (Å²) >= 11 is 5.10. The van der Waals surface area contributed by atoms with E-state index in [1.807, 2.05) is 12.1 Å². The van der Waals surface area contributed by atoms with Gasteiger partial charge in [-0.05, 0) is 28.4 Å². The van der Waals surface area contributed by atoms with Crippen molar-refractivity contribution in [2.24, 2.45) is 0 Å². The Morgan fingerprint density at radius 3 is 2.81 bits per heavy atom. The number of aliphatic hydroxyl groups excluding tert-OH is 1. The smallest absolute Gasteiger partial charge is 0.124 e. The third kappa shape index (κ3) is 2.34. The van der Waals surface area contributed by atoms with Gasteiger partial charge in [-0.2, -0.15) is 0 Å². The number of hydrogen-bond donors (Lipinski definition) is 1. The fraction of sp³-hybridized carbons (Fsp3) is 0.250. The number of rotatable bonds is 3. The lowest BCUT2D eigenvalue weighted by atomic mass is 10.1. The highest BCUT2D eigenvalue weighted by atomic mass is 79.9. The molecule has 16 heavy (non-hydrogen) atoms. The lowest BCUT2D eigenvalue weighted by Gasteiger charge is -1.99. The Kier molecular flexibility index (Phi) is 3.74. The molecule has 1 aromatic carbocycles. The number of aliphatic hydroxyl groups is 1. The molecule has 0 spiro atoms. The summed E-state index contributed by atoms with van der Waals surface area (Å²) in [5.74, 6) is 0. The van der Waals surface area contributed by atoms with Crippen LogP contribution in [0.25, 0.3) is 10.6 Å². The third-order valence-electron chi connectivity index (χ3n) is 2.37. The van der Waals surface area contributed by atoms with E-state index in [0.717, 1.165) is 20.1 Å². The Morgan fingerprint density at radius 1 is 1.38 bits per heavy atom. The summed E-state index contributed by atoms with van der Waals surface area (Å²) in [4.78, 5) is 4.54. The lowest BCUT2D eigenvalue weighted by molar-refractivity contribution is 0.298. The zero-order chi connectivity index (χ0) is 11.5. The van der Waals surface area contributed by atoms with Crippen LogP contribution in [0.1, 0.15) is 11.3 Å². The van der Waals surface area contributed by atoms with Gasteiger partial charge in [-0.25, -0.2) is 4.98 Å². The number of aryl methyl sites for hydroxylation is 1. The Labute approximate surface area is 107 Å². The first-order valence-electron chi connectivity index (χ1n) is 5.04. The van der Waals surface area contributed by atoms with Crippen molar-refractivity contribution in [2.45, 2.75) is 13.3 Å². The Hall–Kier alpha value is -0.710. The second-order valence-electron chi connectivity index (χ2n) is 3.53. The van der Waals surface area contributed by atoms with Gasteiger partial charge in [0, 0.05) is 18.6 Å². The van der Waals surface area contributed by atoms with Crippen molar-refractivity contribution in [1.29, 1.82) is 0 Å². The molecule has 0 aliphatic heterocycles. The van der Waals surface area contributed by atoms with Crippen molar-refractivity contribution in [3.63, 3.8) is 0 Å². The van der Waals surface area contributed by atoms with E-state index in [-0.39, 0.29) is 6.61 Å². The van der Waals surface area contributed by atoms with Gasteiger partial charge in [0.15, 0.2) is 0 Å². The normalized spacial score (nSPS) is 10.7. The minimum atomic E-state index is 0.134. The highest BCUT2D eigenvalue weighted by Gasteiger charge is 2.11. The Bertz CT molecular complexity index is 496. The number of thiazole rings is 1. The summed E-state index contributed by atoms with van der Waals surface area (Å²) in [6, 6.07) is 8.19. The van der Waals surface area contributed by atoms with Crippen LogP contribution in [0.15, 0.2) is 28.1 Å². The molecule has 2 nitrogen and oxygen atoms in total. The van der Waals surface area contributed by atoms with E-state index in [1.165, 1.54) is 5.56 Å². The van der Waals surface area contributed by atoms with Gasteiger partial charge >= 0.3 is 0 Å². The van der Waals surface area contributed by atoms with Crippen LogP contribution in [0.4, 0.5) is 0 Å². The molecular formula is C12H12BrNOS. The average molecular weight is 298 g/mol. The molecule has 84 valence electrons.